The van der Waals surface area contributed by atoms with Gasteiger partial charge >= 0.3 is 0 Å². The van der Waals surface area contributed by atoms with Crippen LogP contribution in [0.1, 0.15) is 20.8 Å². The minimum atomic E-state index is -2.49. The molecule has 0 aliphatic carbocycles. The van der Waals surface area contributed by atoms with Crippen molar-refractivity contribution >= 4 is 5.91 Å². The minimum absolute atomic E-state index is 0.0845. The summed E-state index contributed by atoms with van der Waals surface area (Å²) in [4.78, 5) is 10.8. The van der Waals surface area contributed by atoms with E-state index in [0.29, 0.717) is 0 Å². The Morgan fingerprint density at radius 1 is 1.31 bits per heavy atom. The Labute approximate surface area is 76.7 Å². The summed E-state index contributed by atoms with van der Waals surface area (Å²) in [7, 11) is 0. The van der Waals surface area contributed by atoms with E-state index in [4.69, 9.17) is 5.73 Å². The van der Waals surface area contributed by atoms with Gasteiger partial charge in [0, 0.05) is 0 Å². The first-order chi connectivity index (χ1) is 5.86. The number of hydrogen-bond acceptors (Lipinski definition) is 2. The van der Waals surface area contributed by atoms with Crippen molar-refractivity contribution in [2.75, 3.05) is 0 Å². The van der Waals surface area contributed by atoms with Crippen molar-refractivity contribution in [1.82, 2.24) is 5.32 Å². The smallest absolute Gasteiger partial charge is 0.253 e. The summed E-state index contributed by atoms with van der Waals surface area (Å²) in [6, 6.07) is -1.70. The monoisotopic (exact) mass is 194 g/mol. The minimum Gasteiger partial charge on any atom is -0.368 e. The maximum atomic E-state index is 12.1. The third-order valence-electron chi connectivity index (χ3n) is 1.79. The van der Waals surface area contributed by atoms with Crippen molar-refractivity contribution in [1.29, 1.82) is 0 Å². The number of primary amides is 1. The molecule has 0 radical (unpaired) electrons. The fourth-order valence-electron chi connectivity index (χ4n) is 0.959. The van der Waals surface area contributed by atoms with Gasteiger partial charge < -0.3 is 5.73 Å². The Morgan fingerprint density at radius 2 is 1.77 bits per heavy atom. The largest absolute Gasteiger partial charge is 0.368 e. The van der Waals surface area contributed by atoms with Crippen LogP contribution in [0.3, 0.4) is 0 Å². The van der Waals surface area contributed by atoms with Crippen LogP contribution in [0.4, 0.5) is 8.78 Å². The third-order valence-corrected chi connectivity index (χ3v) is 1.79. The summed E-state index contributed by atoms with van der Waals surface area (Å²) < 4.78 is 24.2. The van der Waals surface area contributed by atoms with Crippen molar-refractivity contribution in [2.45, 2.75) is 39.3 Å². The molecule has 0 aliphatic heterocycles. The Balaban J connectivity index is 4.18. The molecule has 3 nitrogen and oxygen atoms in total. The molecule has 0 rings (SSSR count). The molecular weight excluding hydrogens is 178 g/mol. The van der Waals surface area contributed by atoms with Crippen molar-refractivity contribution in [2.24, 2.45) is 11.7 Å². The molecule has 0 fully saturated rings. The number of hydrogen-bond donors (Lipinski definition) is 2. The van der Waals surface area contributed by atoms with Crippen LogP contribution in [-0.4, -0.2) is 24.4 Å². The summed E-state index contributed by atoms with van der Waals surface area (Å²) in [5.74, 6) is -0.679. The Kier molecular flexibility index (Phi) is 4.83. The van der Waals surface area contributed by atoms with Crippen LogP contribution in [0.5, 0.6) is 0 Å². The lowest BCUT2D eigenvalue weighted by Gasteiger charge is -2.23. The van der Waals surface area contributed by atoms with Gasteiger partial charge in [0.25, 0.3) is 6.43 Å². The molecule has 0 aromatic heterocycles. The molecule has 0 bridgehead atoms. The third kappa shape index (κ3) is 4.17. The predicted molar refractivity (Wildman–Crippen MR) is 46.4 cm³/mol. The maximum Gasteiger partial charge on any atom is 0.253 e. The molecule has 0 heterocycles. The highest BCUT2D eigenvalue weighted by Crippen LogP contribution is 2.06. The molecule has 78 valence electrons. The van der Waals surface area contributed by atoms with Gasteiger partial charge in [-0.3, -0.25) is 10.1 Å². The SMILES string of the molecule is CC(C)C(NC(C)C(F)F)C(N)=O. The first kappa shape index (κ1) is 12.3. The average Bonchev–Trinajstić information content (AvgIpc) is 1.97. The number of nitrogens with two attached hydrogens (primary N) is 1. The van der Waals surface area contributed by atoms with Gasteiger partial charge in [0.05, 0.1) is 12.1 Å². The second kappa shape index (κ2) is 5.11. The maximum absolute atomic E-state index is 12.1. The molecule has 0 saturated heterocycles. The molecular formula is C8H16F2N2O. The summed E-state index contributed by atoms with van der Waals surface area (Å²) in [6.45, 7) is 4.82. The van der Waals surface area contributed by atoms with E-state index >= 15 is 0 Å². The van der Waals surface area contributed by atoms with Crippen molar-refractivity contribution in [3.63, 3.8) is 0 Å². The highest BCUT2D eigenvalue weighted by Gasteiger charge is 2.24. The zero-order valence-corrected chi connectivity index (χ0v) is 8.05. The first-order valence-electron chi connectivity index (χ1n) is 4.19. The van der Waals surface area contributed by atoms with Crippen molar-refractivity contribution in [3.8, 4) is 0 Å². The second-order valence-electron chi connectivity index (χ2n) is 3.41. The Bertz CT molecular complexity index is 174. The number of nitrogens with one attached hydrogen (secondary N) is 1. The zero-order valence-electron chi connectivity index (χ0n) is 8.05. The van der Waals surface area contributed by atoms with Crippen LogP contribution in [0, 0.1) is 5.92 Å². The summed E-state index contributed by atoms with van der Waals surface area (Å²) in [5, 5.41) is 2.49. The van der Waals surface area contributed by atoms with Gasteiger partial charge in [-0.15, -0.1) is 0 Å². The topological polar surface area (TPSA) is 55.1 Å². The van der Waals surface area contributed by atoms with Gasteiger partial charge in [0.1, 0.15) is 0 Å². The van der Waals surface area contributed by atoms with Gasteiger partial charge in [-0.25, -0.2) is 8.78 Å². The molecule has 13 heavy (non-hydrogen) atoms. The molecule has 5 heteroatoms. The standard InChI is InChI=1S/C8H16F2N2O/c1-4(2)6(8(11)13)12-5(3)7(9)10/h4-7,12H,1-3H3,(H2,11,13). The number of halogens is 2. The molecule has 2 unspecified atom stereocenters. The van der Waals surface area contributed by atoms with E-state index in [2.05, 4.69) is 5.32 Å². The molecule has 0 aliphatic rings. The molecule has 0 aromatic carbocycles. The van der Waals surface area contributed by atoms with Gasteiger partial charge in [0.2, 0.25) is 5.91 Å². The molecule has 3 N–H and O–H groups in total. The van der Waals surface area contributed by atoms with E-state index in [1.54, 1.807) is 13.8 Å². The van der Waals surface area contributed by atoms with Crippen LogP contribution >= 0.6 is 0 Å². The van der Waals surface area contributed by atoms with E-state index in [1.165, 1.54) is 6.92 Å². The van der Waals surface area contributed by atoms with Crippen molar-refractivity contribution < 1.29 is 13.6 Å². The summed E-state index contributed by atoms with van der Waals surface area (Å²) in [6.07, 6.45) is -2.49. The van der Waals surface area contributed by atoms with Crippen molar-refractivity contribution in [3.05, 3.63) is 0 Å². The van der Waals surface area contributed by atoms with E-state index in [1.807, 2.05) is 0 Å². The highest BCUT2D eigenvalue weighted by molar-refractivity contribution is 5.80. The van der Waals surface area contributed by atoms with E-state index in [-0.39, 0.29) is 5.92 Å². The molecule has 0 aromatic rings. The van der Waals surface area contributed by atoms with Crippen LogP contribution in [0.2, 0.25) is 0 Å². The molecule has 0 spiro atoms. The van der Waals surface area contributed by atoms with Crippen LogP contribution in [0.15, 0.2) is 0 Å². The van der Waals surface area contributed by atoms with E-state index in [0.717, 1.165) is 0 Å². The molecule has 1 amide bonds. The fourth-order valence-corrected chi connectivity index (χ4v) is 0.959. The predicted octanol–water partition coefficient (Wildman–Crippen LogP) is 0.740. The van der Waals surface area contributed by atoms with Gasteiger partial charge in [0.15, 0.2) is 0 Å². The lowest BCUT2D eigenvalue weighted by molar-refractivity contribution is -0.121. The highest BCUT2D eigenvalue weighted by atomic mass is 19.3. The first-order valence-corrected chi connectivity index (χ1v) is 4.19. The van der Waals surface area contributed by atoms with Crippen LogP contribution in [-0.2, 0) is 4.79 Å². The Hall–Kier alpha value is -0.710. The lowest BCUT2D eigenvalue weighted by Crippen LogP contribution is -2.50. The summed E-state index contributed by atoms with van der Waals surface area (Å²) in [5.41, 5.74) is 5.04. The Morgan fingerprint density at radius 3 is 2.00 bits per heavy atom. The van der Waals surface area contributed by atoms with Crippen LogP contribution in [0.25, 0.3) is 0 Å². The number of alkyl halides is 2. The zero-order chi connectivity index (χ0) is 10.6. The van der Waals surface area contributed by atoms with E-state index in [9.17, 15) is 13.6 Å². The van der Waals surface area contributed by atoms with Gasteiger partial charge in [-0.1, -0.05) is 13.8 Å². The molecule has 2 atom stereocenters. The summed E-state index contributed by atoms with van der Waals surface area (Å²) >= 11 is 0. The lowest BCUT2D eigenvalue weighted by atomic mass is 10.0. The quantitative estimate of drug-likeness (QED) is 0.678. The number of rotatable bonds is 5. The average molecular weight is 194 g/mol. The van der Waals surface area contributed by atoms with Crippen LogP contribution < -0.4 is 11.1 Å². The second-order valence-corrected chi connectivity index (χ2v) is 3.41. The van der Waals surface area contributed by atoms with Gasteiger partial charge in [-0.2, -0.15) is 0 Å². The molecule has 0 saturated carbocycles. The number of amides is 1. The normalized spacial score (nSPS) is 16.2. The number of carbonyl (C=O) groups excluding carboxylic acids is 1. The van der Waals surface area contributed by atoms with E-state index < -0.39 is 24.4 Å². The van der Waals surface area contributed by atoms with Gasteiger partial charge in [-0.05, 0) is 12.8 Å². The number of carbonyl (C=O) groups is 1. The fraction of sp³-hybridized carbons (Fsp3) is 0.875.